The number of hydrogen-bond donors (Lipinski definition) is 1. The van der Waals surface area contributed by atoms with Gasteiger partial charge in [-0.1, -0.05) is 20.8 Å². The molecule has 1 saturated heterocycles. The van der Waals surface area contributed by atoms with Gasteiger partial charge in [-0.2, -0.15) is 0 Å². The predicted molar refractivity (Wildman–Crippen MR) is 84.5 cm³/mol. The Hall–Kier alpha value is -1.10. The Kier molecular flexibility index (Phi) is 5.79. The molecule has 1 atom stereocenters. The van der Waals surface area contributed by atoms with Crippen molar-refractivity contribution >= 4 is 11.8 Å². The lowest BCUT2D eigenvalue weighted by Crippen LogP contribution is -2.50. The third kappa shape index (κ3) is 5.30. The summed E-state index contributed by atoms with van der Waals surface area (Å²) in [6, 6.07) is 0.171. The monoisotopic (exact) mass is 298 g/mol. The number of amides is 2. The molecule has 0 spiro atoms. The van der Waals surface area contributed by atoms with Gasteiger partial charge in [0.15, 0.2) is 6.67 Å². The Labute approximate surface area is 129 Å². The maximum atomic E-state index is 12.4. The maximum absolute atomic E-state index is 12.4. The summed E-state index contributed by atoms with van der Waals surface area (Å²) in [5.41, 5.74) is -0.460. The van der Waals surface area contributed by atoms with Crippen molar-refractivity contribution in [3.05, 3.63) is 0 Å². The van der Waals surface area contributed by atoms with Crippen LogP contribution < -0.4 is 5.32 Å². The molecule has 2 amide bonds. The van der Waals surface area contributed by atoms with Crippen molar-refractivity contribution in [2.75, 3.05) is 34.4 Å². The first-order valence-electron chi connectivity index (χ1n) is 7.95. The van der Waals surface area contributed by atoms with Gasteiger partial charge in [0, 0.05) is 24.4 Å². The minimum Gasteiger partial charge on any atom is -0.340 e. The first kappa shape index (κ1) is 18.0. The number of likely N-dealkylation sites (tertiary alicyclic amines) is 1. The summed E-state index contributed by atoms with van der Waals surface area (Å²) in [6.45, 7) is 7.49. The Bertz CT molecular complexity index is 385. The van der Waals surface area contributed by atoms with E-state index in [1.807, 2.05) is 39.9 Å². The van der Waals surface area contributed by atoms with Crippen molar-refractivity contribution in [1.29, 1.82) is 0 Å². The average molecular weight is 298 g/mol. The van der Waals surface area contributed by atoms with E-state index in [0.29, 0.717) is 17.6 Å². The van der Waals surface area contributed by atoms with Crippen LogP contribution in [0.1, 0.15) is 46.5 Å². The minimum atomic E-state index is -0.460. The molecule has 1 aliphatic rings. The zero-order valence-corrected chi connectivity index (χ0v) is 14.5. The molecule has 5 heteroatoms. The summed E-state index contributed by atoms with van der Waals surface area (Å²) < 4.78 is 0.698. The molecule has 0 saturated carbocycles. The number of rotatable bonds is 7. The van der Waals surface area contributed by atoms with Crippen LogP contribution in [-0.4, -0.2) is 61.6 Å². The summed E-state index contributed by atoms with van der Waals surface area (Å²) in [7, 11) is 6.14. The van der Waals surface area contributed by atoms with Gasteiger partial charge >= 0.3 is 0 Å². The van der Waals surface area contributed by atoms with Crippen molar-refractivity contribution in [2.24, 2.45) is 5.41 Å². The highest BCUT2D eigenvalue weighted by atomic mass is 16.2. The van der Waals surface area contributed by atoms with E-state index in [4.69, 9.17) is 0 Å². The predicted octanol–water partition coefficient (Wildman–Crippen LogP) is 1.58. The third-order valence-corrected chi connectivity index (χ3v) is 4.10. The molecule has 0 aromatic heterocycles. The van der Waals surface area contributed by atoms with Crippen LogP contribution in [0, 0.1) is 5.41 Å². The molecule has 0 aromatic rings. The van der Waals surface area contributed by atoms with E-state index in [-0.39, 0.29) is 17.9 Å². The SMILES string of the molecule is CCC(CC(C)(C)C(=O)NC[N+](C)(C)C)N1CCCC1=O. The summed E-state index contributed by atoms with van der Waals surface area (Å²) in [5.74, 6) is 0.310. The molecule has 1 unspecified atom stereocenters. The summed E-state index contributed by atoms with van der Waals surface area (Å²) in [6.07, 6.45) is 3.23. The number of nitrogens with zero attached hydrogens (tertiary/aromatic N) is 2. The molecular formula is C16H32N3O2+. The van der Waals surface area contributed by atoms with E-state index in [2.05, 4.69) is 12.2 Å². The van der Waals surface area contributed by atoms with Crippen LogP contribution in [0.2, 0.25) is 0 Å². The smallest absolute Gasteiger partial charge is 0.229 e. The Morgan fingerprint density at radius 1 is 1.38 bits per heavy atom. The van der Waals surface area contributed by atoms with Crippen LogP contribution in [-0.2, 0) is 9.59 Å². The molecule has 1 N–H and O–H groups in total. The number of hydrogen-bond acceptors (Lipinski definition) is 2. The fourth-order valence-corrected chi connectivity index (χ4v) is 2.76. The molecule has 1 heterocycles. The van der Waals surface area contributed by atoms with Crippen molar-refractivity contribution in [3.63, 3.8) is 0 Å². The molecule has 0 bridgehead atoms. The zero-order chi connectivity index (χ0) is 16.3. The van der Waals surface area contributed by atoms with Crippen LogP contribution in [0.15, 0.2) is 0 Å². The van der Waals surface area contributed by atoms with Crippen molar-refractivity contribution in [2.45, 2.75) is 52.5 Å². The van der Waals surface area contributed by atoms with Gasteiger partial charge in [0.2, 0.25) is 11.8 Å². The van der Waals surface area contributed by atoms with E-state index in [1.54, 1.807) is 0 Å². The van der Waals surface area contributed by atoms with Crippen LogP contribution in [0.25, 0.3) is 0 Å². The lowest BCUT2D eigenvalue weighted by atomic mass is 9.83. The minimum absolute atomic E-state index is 0.0700. The number of carbonyl (C=O) groups is 2. The first-order valence-corrected chi connectivity index (χ1v) is 7.95. The van der Waals surface area contributed by atoms with E-state index in [1.165, 1.54) is 0 Å². The van der Waals surface area contributed by atoms with Crippen LogP contribution in [0.3, 0.4) is 0 Å². The molecule has 5 nitrogen and oxygen atoms in total. The summed E-state index contributed by atoms with van der Waals surface area (Å²) >= 11 is 0. The van der Waals surface area contributed by atoms with Gasteiger partial charge in [0.05, 0.1) is 21.1 Å². The van der Waals surface area contributed by atoms with Crippen LogP contribution in [0.5, 0.6) is 0 Å². The van der Waals surface area contributed by atoms with Crippen molar-refractivity contribution < 1.29 is 14.1 Å². The lowest BCUT2D eigenvalue weighted by molar-refractivity contribution is -0.872. The lowest BCUT2D eigenvalue weighted by Gasteiger charge is -2.34. The van der Waals surface area contributed by atoms with Gasteiger partial charge in [-0.05, 0) is 19.3 Å². The fraction of sp³-hybridized carbons (Fsp3) is 0.875. The first-order chi connectivity index (χ1) is 9.57. The number of nitrogens with one attached hydrogen (secondary N) is 1. The quantitative estimate of drug-likeness (QED) is 0.573. The molecular weight excluding hydrogens is 266 g/mol. The highest BCUT2D eigenvalue weighted by Gasteiger charge is 2.35. The highest BCUT2D eigenvalue weighted by Crippen LogP contribution is 2.29. The second kappa shape index (κ2) is 6.77. The fourth-order valence-electron chi connectivity index (χ4n) is 2.76. The van der Waals surface area contributed by atoms with Gasteiger partial charge in [-0.25, -0.2) is 0 Å². The molecule has 0 radical (unpaired) electrons. The largest absolute Gasteiger partial charge is 0.340 e. The maximum Gasteiger partial charge on any atom is 0.229 e. The van der Waals surface area contributed by atoms with Gasteiger partial charge in [0.1, 0.15) is 0 Å². The molecule has 1 aliphatic heterocycles. The van der Waals surface area contributed by atoms with Crippen LogP contribution >= 0.6 is 0 Å². The normalized spacial score (nSPS) is 18.0. The van der Waals surface area contributed by atoms with Crippen molar-refractivity contribution in [1.82, 2.24) is 10.2 Å². The highest BCUT2D eigenvalue weighted by molar-refractivity contribution is 5.82. The van der Waals surface area contributed by atoms with Crippen molar-refractivity contribution in [3.8, 4) is 0 Å². The van der Waals surface area contributed by atoms with Gasteiger partial charge in [-0.3, -0.25) is 9.59 Å². The molecule has 1 rings (SSSR count). The molecule has 21 heavy (non-hydrogen) atoms. The molecule has 0 aromatic carbocycles. The third-order valence-electron chi connectivity index (χ3n) is 4.10. The van der Waals surface area contributed by atoms with E-state index in [9.17, 15) is 9.59 Å². The number of quaternary nitrogens is 1. The second-order valence-electron chi connectivity index (χ2n) is 7.80. The average Bonchev–Trinajstić information content (AvgIpc) is 2.78. The molecule has 1 fully saturated rings. The standard InChI is InChI=1S/C16H31N3O2/c1-7-13(18-10-8-9-14(18)20)11-16(2,3)15(21)17-12-19(4,5)6/h13H,7-12H2,1-6H3/p+1. The second-order valence-corrected chi connectivity index (χ2v) is 7.80. The Morgan fingerprint density at radius 3 is 2.43 bits per heavy atom. The molecule has 122 valence electrons. The topological polar surface area (TPSA) is 49.4 Å². The Balaban J connectivity index is 2.64. The summed E-state index contributed by atoms with van der Waals surface area (Å²) in [4.78, 5) is 26.3. The molecule has 0 aliphatic carbocycles. The van der Waals surface area contributed by atoms with Gasteiger partial charge < -0.3 is 14.7 Å². The number of carbonyl (C=O) groups excluding carboxylic acids is 2. The zero-order valence-electron chi connectivity index (χ0n) is 14.5. The van der Waals surface area contributed by atoms with E-state index < -0.39 is 5.41 Å². The Morgan fingerprint density at radius 2 is 2.00 bits per heavy atom. The van der Waals surface area contributed by atoms with E-state index in [0.717, 1.165) is 25.8 Å². The van der Waals surface area contributed by atoms with Gasteiger partial charge in [0.25, 0.3) is 0 Å². The van der Waals surface area contributed by atoms with E-state index >= 15 is 0 Å². The summed E-state index contributed by atoms with van der Waals surface area (Å²) in [5, 5.41) is 3.02. The van der Waals surface area contributed by atoms with Crippen LogP contribution in [0.4, 0.5) is 0 Å². The van der Waals surface area contributed by atoms with Gasteiger partial charge in [-0.15, -0.1) is 0 Å².